The van der Waals surface area contributed by atoms with Gasteiger partial charge in [-0.3, -0.25) is 15.0 Å². The van der Waals surface area contributed by atoms with Gasteiger partial charge >= 0.3 is 0 Å². The van der Waals surface area contributed by atoms with Gasteiger partial charge in [0.05, 0.1) is 12.1 Å². The Kier molecular flexibility index (Phi) is 5.29. The number of anilines is 1. The number of halogens is 1. The van der Waals surface area contributed by atoms with Crippen LogP contribution < -0.4 is 16.4 Å². The number of rotatable bonds is 5. The first-order valence-corrected chi connectivity index (χ1v) is 7.30. The van der Waals surface area contributed by atoms with Crippen LogP contribution in [0.3, 0.4) is 0 Å². The van der Waals surface area contributed by atoms with Gasteiger partial charge in [-0.2, -0.15) is 0 Å². The Morgan fingerprint density at radius 1 is 1.14 bits per heavy atom. The first-order valence-electron chi connectivity index (χ1n) is 6.22. The molecule has 6 heteroatoms. The van der Waals surface area contributed by atoms with Crippen LogP contribution in [0.15, 0.2) is 48.5 Å². The molecule has 0 aromatic heterocycles. The van der Waals surface area contributed by atoms with E-state index in [0.29, 0.717) is 11.3 Å². The second-order valence-electron chi connectivity index (χ2n) is 4.42. The maximum Gasteiger partial charge on any atom is 0.244 e. The van der Waals surface area contributed by atoms with Crippen LogP contribution in [-0.2, 0) is 11.2 Å². The van der Waals surface area contributed by atoms with E-state index in [0.717, 1.165) is 15.4 Å². The molecule has 0 heterocycles. The summed E-state index contributed by atoms with van der Waals surface area (Å²) in [6.07, 6.45) is 0.958. The molecule has 0 saturated carbocycles. The Morgan fingerprint density at radius 2 is 1.76 bits per heavy atom. The summed E-state index contributed by atoms with van der Waals surface area (Å²) in [4.78, 5) is 22.5. The van der Waals surface area contributed by atoms with Gasteiger partial charge in [0.1, 0.15) is 6.29 Å². The number of nitrogens with two attached hydrogens (primary N) is 1. The molecule has 0 spiro atoms. The van der Waals surface area contributed by atoms with Crippen LogP contribution in [-0.4, -0.2) is 12.2 Å². The number of nitrogens with zero attached hydrogens (tertiary/aromatic N) is 1. The molecule has 2 rings (SSSR count). The molecular weight excluding hydrogens is 381 g/mol. The Morgan fingerprint density at radius 3 is 2.33 bits per heavy atom. The van der Waals surface area contributed by atoms with Gasteiger partial charge in [0, 0.05) is 9.13 Å². The third-order valence-corrected chi connectivity index (χ3v) is 3.55. The lowest BCUT2D eigenvalue weighted by Gasteiger charge is -2.19. The van der Waals surface area contributed by atoms with Crippen molar-refractivity contribution in [1.29, 1.82) is 0 Å². The van der Waals surface area contributed by atoms with Gasteiger partial charge in [0.15, 0.2) is 0 Å². The minimum absolute atomic E-state index is 0.192. The average Bonchev–Trinajstić information content (AvgIpc) is 2.48. The molecule has 2 aromatic rings. The van der Waals surface area contributed by atoms with Crippen molar-refractivity contribution in [3.63, 3.8) is 0 Å². The molecule has 108 valence electrons. The fraction of sp³-hybridized carbons (Fsp3) is 0.0667. The minimum atomic E-state index is -0.227. The van der Waals surface area contributed by atoms with Crippen molar-refractivity contribution in [3.8, 4) is 0 Å². The highest BCUT2D eigenvalue weighted by Crippen LogP contribution is 2.12. The van der Waals surface area contributed by atoms with Crippen LogP contribution in [0, 0.1) is 3.57 Å². The van der Waals surface area contributed by atoms with Crippen LogP contribution in [0.2, 0.25) is 0 Å². The van der Waals surface area contributed by atoms with Crippen molar-refractivity contribution in [1.82, 2.24) is 5.43 Å². The van der Waals surface area contributed by atoms with Gasteiger partial charge < -0.3 is 0 Å². The van der Waals surface area contributed by atoms with Crippen molar-refractivity contribution < 1.29 is 9.59 Å². The SMILES string of the molecule is NN(NC(=O)Cc1ccc(C=O)cc1)c1ccc(I)cc1. The molecule has 0 aliphatic heterocycles. The van der Waals surface area contributed by atoms with Crippen LogP contribution >= 0.6 is 22.6 Å². The second kappa shape index (κ2) is 7.19. The summed E-state index contributed by atoms with van der Waals surface area (Å²) in [6.45, 7) is 0. The molecule has 0 unspecified atom stereocenters. The zero-order valence-electron chi connectivity index (χ0n) is 11.1. The fourth-order valence-electron chi connectivity index (χ4n) is 1.74. The Labute approximate surface area is 136 Å². The monoisotopic (exact) mass is 395 g/mol. The topological polar surface area (TPSA) is 75.4 Å². The normalized spacial score (nSPS) is 10.0. The van der Waals surface area contributed by atoms with Gasteiger partial charge in [-0.25, -0.2) is 11.0 Å². The minimum Gasteiger partial charge on any atom is -0.298 e. The van der Waals surface area contributed by atoms with Gasteiger partial charge in [0.2, 0.25) is 5.91 Å². The molecule has 0 bridgehead atoms. The molecule has 0 saturated heterocycles. The summed E-state index contributed by atoms with van der Waals surface area (Å²) in [5, 5.41) is 1.19. The fourth-order valence-corrected chi connectivity index (χ4v) is 2.10. The van der Waals surface area contributed by atoms with Gasteiger partial charge in [-0.15, -0.1) is 0 Å². The number of hydrazine groups is 2. The molecule has 5 nitrogen and oxygen atoms in total. The Bertz CT molecular complexity index is 626. The van der Waals surface area contributed by atoms with E-state index in [4.69, 9.17) is 5.84 Å². The van der Waals surface area contributed by atoms with Crippen molar-refractivity contribution in [2.45, 2.75) is 6.42 Å². The molecule has 1 amide bonds. The lowest BCUT2D eigenvalue weighted by Crippen LogP contribution is -2.48. The number of hydrogen-bond donors (Lipinski definition) is 2. The van der Waals surface area contributed by atoms with E-state index in [1.54, 1.807) is 24.3 Å². The molecule has 2 aromatic carbocycles. The number of hydrogen-bond acceptors (Lipinski definition) is 4. The highest BCUT2D eigenvalue weighted by Gasteiger charge is 2.08. The molecule has 0 atom stereocenters. The standard InChI is InChI=1S/C15H14IN3O2/c16-13-5-7-14(8-6-13)19(17)18-15(21)9-11-1-3-12(10-20)4-2-11/h1-8,10H,9,17H2,(H,18,21). The summed E-state index contributed by atoms with van der Waals surface area (Å²) in [7, 11) is 0. The molecule has 0 aliphatic rings. The number of amides is 1. The summed E-state index contributed by atoms with van der Waals surface area (Å²) in [5.41, 5.74) is 4.68. The first kappa shape index (κ1) is 15.5. The van der Waals surface area contributed by atoms with E-state index in [2.05, 4.69) is 28.0 Å². The summed E-state index contributed by atoms with van der Waals surface area (Å²) in [5.74, 6) is 5.57. The van der Waals surface area contributed by atoms with E-state index in [9.17, 15) is 9.59 Å². The van der Waals surface area contributed by atoms with E-state index in [1.165, 1.54) is 5.12 Å². The van der Waals surface area contributed by atoms with Crippen LogP contribution in [0.25, 0.3) is 0 Å². The van der Waals surface area contributed by atoms with Crippen LogP contribution in [0.4, 0.5) is 5.69 Å². The van der Waals surface area contributed by atoms with E-state index >= 15 is 0 Å². The van der Waals surface area contributed by atoms with E-state index < -0.39 is 0 Å². The lowest BCUT2D eigenvalue weighted by atomic mass is 10.1. The predicted octanol–water partition coefficient (Wildman–Crippen LogP) is 2.06. The van der Waals surface area contributed by atoms with Crippen molar-refractivity contribution in [2.75, 3.05) is 5.12 Å². The average molecular weight is 395 g/mol. The third kappa shape index (κ3) is 4.54. The summed E-state index contributed by atoms with van der Waals surface area (Å²) < 4.78 is 1.09. The summed E-state index contributed by atoms with van der Waals surface area (Å²) >= 11 is 2.19. The number of carbonyl (C=O) groups excluding carboxylic acids is 2. The van der Waals surface area contributed by atoms with Crippen molar-refractivity contribution in [2.24, 2.45) is 5.84 Å². The Balaban J connectivity index is 1.94. The van der Waals surface area contributed by atoms with E-state index in [1.807, 2.05) is 24.3 Å². The molecule has 0 aliphatic carbocycles. The second-order valence-corrected chi connectivity index (χ2v) is 5.66. The largest absolute Gasteiger partial charge is 0.298 e. The van der Waals surface area contributed by atoms with Gasteiger partial charge in [-0.05, 0) is 52.4 Å². The zero-order valence-corrected chi connectivity index (χ0v) is 13.3. The van der Waals surface area contributed by atoms with Crippen molar-refractivity contribution in [3.05, 3.63) is 63.2 Å². The molecular formula is C15H14IN3O2. The Hall–Kier alpha value is -1.93. The lowest BCUT2D eigenvalue weighted by molar-refractivity contribution is -0.120. The number of carbonyl (C=O) groups is 2. The predicted molar refractivity (Wildman–Crippen MR) is 89.5 cm³/mol. The quantitative estimate of drug-likeness (QED) is 0.352. The van der Waals surface area contributed by atoms with Crippen LogP contribution in [0.5, 0.6) is 0 Å². The van der Waals surface area contributed by atoms with Gasteiger partial charge in [0.25, 0.3) is 0 Å². The molecule has 0 radical (unpaired) electrons. The molecule has 3 N–H and O–H groups in total. The number of benzene rings is 2. The molecule has 21 heavy (non-hydrogen) atoms. The maximum absolute atomic E-state index is 11.9. The highest BCUT2D eigenvalue weighted by atomic mass is 127. The highest BCUT2D eigenvalue weighted by molar-refractivity contribution is 14.1. The number of nitrogens with one attached hydrogen (secondary N) is 1. The van der Waals surface area contributed by atoms with Gasteiger partial charge in [-0.1, -0.05) is 24.3 Å². The van der Waals surface area contributed by atoms with Crippen LogP contribution in [0.1, 0.15) is 15.9 Å². The zero-order chi connectivity index (χ0) is 15.2. The van der Waals surface area contributed by atoms with E-state index in [-0.39, 0.29) is 12.3 Å². The molecule has 0 fully saturated rings. The first-order chi connectivity index (χ1) is 10.1. The third-order valence-electron chi connectivity index (χ3n) is 2.83. The number of aldehydes is 1. The van der Waals surface area contributed by atoms with Crippen molar-refractivity contribution >= 4 is 40.5 Å². The maximum atomic E-state index is 11.9. The smallest absolute Gasteiger partial charge is 0.244 e. The summed E-state index contributed by atoms with van der Waals surface area (Å²) in [6, 6.07) is 14.3.